The molecule has 0 fully saturated rings. The van der Waals surface area contributed by atoms with Crippen LogP contribution in [0.1, 0.15) is 35.9 Å². The molecule has 24 heavy (non-hydrogen) atoms. The number of hydrogen-bond donors (Lipinski definition) is 1. The van der Waals surface area contributed by atoms with Gasteiger partial charge in [0.05, 0.1) is 5.39 Å². The van der Waals surface area contributed by atoms with Crippen LogP contribution in [0.3, 0.4) is 0 Å². The molecular formula is C13H11F3IN3O4. The van der Waals surface area contributed by atoms with Crippen molar-refractivity contribution in [1.29, 1.82) is 0 Å². The summed E-state index contributed by atoms with van der Waals surface area (Å²) in [5.74, 6) is -2.96. The number of carboxylic acid groups (broad SMARTS) is 1. The third kappa shape index (κ3) is 3.44. The van der Waals surface area contributed by atoms with Crippen LogP contribution in [-0.2, 0) is 6.18 Å². The Morgan fingerprint density at radius 3 is 2.67 bits per heavy atom. The fourth-order valence-electron chi connectivity index (χ4n) is 1.85. The Hall–Kier alpha value is -1.92. The summed E-state index contributed by atoms with van der Waals surface area (Å²) in [7, 11) is 0. The van der Waals surface area contributed by atoms with E-state index in [4.69, 9.17) is 4.84 Å². The number of carboxylic acids is 1. The fraction of sp³-hybridized carbons (Fsp3) is 0.385. The Labute approximate surface area is 146 Å². The molecule has 130 valence electrons. The molecule has 2 aromatic rings. The van der Waals surface area contributed by atoms with Crippen molar-refractivity contribution in [2.45, 2.75) is 25.9 Å². The van der Waals surface area contributed by atoms with Crippen molar-refractivity contribution in [1.82, 2.24) is 14.7 Å². The molecule has 2 rings (SSSR count). The molecule has 2 heterocycles. The summed E-state index contributed by atoms with van der Waals surface area (Å²) in [4.78, 5) is 35.3. The average molecular weight is 457 g/mol. The fourth-order valence-corrected chi connectivity index (χ4v) is 2.69. The normalized spacial score (nSPS) is 11.7. The first kappa shape index (κ1) is 18.4. The summed E-state index contributed by atoms with van der Waals surface area (Å²) in [5.41, 5.74) is -2.11. The highest BCUT2D eigenvalue weighted by molar-refractivity contribution is 14.1. The third-order valence-electron chi connectivity index (χ3n) is 3.00. The number of nitrogens with zero attached hydrogens (tertiary/aromatic N) is 3. The van der Waals surface area contributed by atoms with Crippen molar-refractivity contribution in [3.8, 4) is 0 Å². The maximum atomic E-state index is 12.8. The zero-order chi connectivity index (χ0) is 18.1. The lowest BCUT2D eigenvalue weighted by atomic mass is 10.2. The van der Waals surface area contributed by atoms with Crippen LogP contribution < -0.4 is 10.4 Å². The second kappa shape index (κ2) is 6.91. The van der Waals surface area contributed by atoms with Crippen LogP contribution >= 0.6 is 22.6 Å². The Balaban J connectivity index is 2.80. The first-order valence-corrected chi connectivity index (χ1v) is 7.81. The van der Waals surface area contributed by atoms with E-state index in [1.54, 1.807) is 22.6 Å². The van der Waals surface area contributed by atoms with Crippen molar-refractivity contribution >= 4 is 39.6 Å². The van der Waals surface area contributed by atoms with Crippen LogP contribution in [0, 0.1) is 3.57 Å². The molecule has 0 aromatic carbocycles. The molecule has 0 spiro atoms. The monoisotopic (exact) mass is 457 g/mol. The predicted octanol–water partition coefficient (Wildman–Crippen LogP) is 2.34. The van der Waals surface area contributed by atoms with E-state index < -0.39 is 34.7 Å². The zero-order valence-electron chi connectivity index (χ0n) is 12.2. The van der Waals surface area contributed by atoms with Gasteiger partial charge in [0, 0.05) is 9.77 Å². The minimum absolute atomic E-state index is 0.0166. The van der Waals surface area contributed by atoms with E-state index in [0.717, 1.165) is 6.20 Å². The van der Waals surface area contributed by atoms with E-state index in [-0.39, 0.29) is 15.6 Å². The quantitative estimate of drug-likeness (QED) is 0.548. The first-order chi connectivity index (χ1) is 11.2. The minimum Gasteiger partial charge on any atom is -0.477 e. The number of alkyl halides is 3. The van der Waals surface area contributed by atoms with Crippen LogP contribution in [0.5, 0.6) is 0 Å². The van der Waals surface area contributed by atoms with Gasteiger partial charge in [-0.2, -0.15) is 13.2 Å². The number of aromatic carboxylic acids is 1. The summed E-state index contributed by atoms with van der Waals surface area (Å²) >= 11 is 1.56. The van der Waals surface area contributed by atoms with Crippen LogP contribution in [-0.4, -0.2) is 32.4 Å². The molecule has 7 nitrogen and oxygen atoms in total. The van der Waals surface area contributed by atoms with Gasteiger partial charge in [-0.05, 0) is 29.0 Å². The van der Waals surface area contributed by atoms with Crippen LogP contribution in [0.25, 0.3) is 11.0 Å². The molecule has 0 unspecified atom stereocenters. The van der Waals surface area contributed by atoms with Crippen molar-refractivity contribution in [2.75, 3.05) is 6.61 Å². The van der Waals surface area contributed by atoms with E-state index in [9.17, 15) is 27.9 Å². The molecule has 0 atom stereocenters. The Morgan fingerprint density at radius 2 is 2.12 bits per heavy atom. The number of halogens is 4. The predicted molar refractivity (Wildman–Crippen MR) is 84.8 cm³/mol. The SMILES string of the molecule is CCCCOn1c(=O)c(C(=O)O)c(I)c2cnc(C(F)(F)F)nc21. The molecule has 0 aliphatic heterocycles. The number of carbonyl (C=O) groups is 1. The maximum Gasteiger partial charge on any atom is 0.451 e. The highest BCUT2D eigenvalue weighted by Gasteiger charge is 2.35. The van der Waals surface area contributed by atoms with Gasteiger partial charge in [0.25, 0.3) is 0 Å². The standard InChI is InChI=1S/C13H11F3IN3O4/c1-2-3-4-24-20-9-6(5-18-12(19-9)13(14,15)16)8(17)7(10(20)21)11(22)23/h5H,2-4H2,1H3,(H,22,23). The maximum absolute atomic E-state index is 12.8. The van der Waals surface area contributed by atoms with Crippen molar-refractivity contribution in [3.05, 3.63) is 31.5 Å². The lowest BCUT2D eigenvalue weighted by Crippen LogP contribution is -2.34. The van der Waals surface area contributed by atoms with Crippen molar-refractivity contribution in [3.63, 3.8) is 0 Å². The highest BCUT2D eigenvalue weighted by atomic mass is 127. The summed E-state index contributed by atoms with van der Waals surface area (Å²) in [6.07, 6.45) is -2.74. The molecule has 0 aliphatic carbocycles. The molecule has 0 aliphatic rings. The van der Waals surface area contributed by atoms with Crippen LogP contribution in [0.2, 0.25) is 0 Å². The largest absolute Gasteiger partial charge is 0.477 e. The van der Waals surface area contributed by atoms with Gasteiger partial charge in [-0.25, -0.2) is 14.8 Å². The van der Waals surface area contributed by atoms with E-state index in [1.165, 1.54) is 0 Å². The molecule has 0 bridgehead atoms. The molecule has 0 saturated heterocycles. The number of unbranched alkanes of at least 4 members (excludes halogenated alkanes) is 1. The molecule has 0 amide bonds. The average Bonchev–Trinajstić information content (AvgIpc) is 2.49. The first-order valence-electron chi connectivity index (χ1n) is 6.73. The van der Waals surface area contributed by atoms with E-state index >= 15 is 0 Å². The van der Waals surface area contributed by atoms with Gasteiger partial charge in [-0.15, -0.1) is 4.73 Å². The Morgan fingerprint density at radius 1 is 1.46 bits per heavy atom. The second-order valence-electron chi connectivity index (χ2n) is 4.71. The molecule has 2 aromatic heterocycles. The number of rotatable bonds is 5. The van der Waals surface area contributed by atoms with Crippen LogP contribution in [0.15, 0.2) is 11.0 Å². The molecule has 1 N–H and O–H groups in total. The highest BCUT2D eigenvalue weighted by Crippen LogP contribution is 2.28. The summed E-state index contributed by atoms with van der Waals surface area (Å²) < 4.78 is 38.9. The van der Waals surface area contributed by atoms with E-state index in [1.807, 2.05) is 6.92 Å². The number of hydrogen-bond acceptors (Lipinski definition) is 5. The smallest absolute Gasteiger partial charge is 0.451 e. The molecule has 11 heteroatoms. The topological polar surface area (TPSA) is 94.3 Å². The van der Waals surface area contributed by atoms with Gasteiger partial charge < -0.3 is 9.94 Å². The molecule has 0 radical (unpaired) electrons. The van der Waals surface area contributed by atoms with Gasteiger partial charge >= 0.3 is 17.7 Å². The molecule has 0 saturated carbocycles. The van der Waals surface area contributed by atoms with Gasteiger partial charge in [0.2, 0.25) is 5.82 Å². The van der Waals surface area contributed by atoms with Crippen molar-refractivity contribution in [2.24, 2.45) is 0 Å². The number of fused-ring (bicyclic) bond motifs is 1. The summed E-state index contributed by atoms with van der Waals surface area (Å²) in [6, 6.07) is 0. The summed E-state index contributed by atoms with van der Waals surface area (Å²) in [6.45, 7) is 1.88. The Bertz CT molecular complexity index is 851. The van der Waals surface area contributed by atoms with Gasteiger partial charge in [0.15, 0.2) is 5.65 Å². The second-order valence-corrected chi connectivity index (χ2v) is 5.79. The van der Waals surface area contributed by atoms with Gasteiger partial charge in [-0.1, -0.05) is 13.3 Å². The van der Waals surface area contributed by atoms with Crippen molar-refractivity contribution < 1.29 is 27.9 Å². The molecular weight excluding hydrogens is 446 g/mol. The van der Waals surface area contributed by atoms with Crippen LogP contribution in [0.4, 0.5) is 13.2 Å². The summed E-state index contributed by atoms with van der Waals surface area (Å²) in [5, 5.41) is 9.17. The zero-order valence-corrected chi connectivity index (χ0v) is 14.4. The van der Waals surface area contributed by atoms with E-state index in [0.29, 0.717) is 17.6 Å². The lowest BCUT2D eigenvalue weighted by Gasteiger charge is -2.14. The number of aromatic nitrogens is 3. The lowest BCUT2D eigenvalue weighted by molar-refractivity contribution is -0.144. The minimum atomic E-state index is -4.81. The number of pyridine rings is 1. The van der Waals surface area contributed by atoms with Gasteiger partial charge in [0.1, 0.15) is 12.2 Å². The Kier molecular flexibility index (Phi) is 5.30. The third-order valence-corrected chi connectivity index (χ3v) is 4.12. The van der Waals surface area contributed by atoms with Gasteiger partial charge in [-0.3, -0.25) is 4.79 Å². The van der Waals surface area contributed by atoms with E-state index in [2.05, 4.69) is 9.97 Å².